The number of nitrogens with zero attached hydrogens (tertiary/aromatic N) is 2. The van der Waals surface area contributed by atoms with Gasteiger partial charge in [-0.05, 0) is 105 Å². The fourth-order valence-electron chi connectivity index (χ4n) is 7.03. The first kappa shape index (κ1) is 41.2. The highest BCUT2D eigenvalue weighted by molar-refractivity contribution is 7.96. The van der Waals surface area contributed by atoms with Crippen LogP contribution in [0.1, 0.15) is 104 Å². The van der Waals surface area contributed by atoms with E-state index in [0.29, 0.717) is 10.9 Å². The summed E-state index contributed by atoms with van der Waals surface area (Å²) in [6, 6.07) is 51.5. The quantitative estimate of drug-likeness (QED) is 0.135. The van der Waals surface area contributed by atoms with Crippen LogP contribution in [0.15, 0.2) is 149 Å². The van der Waals surface area contributed by atoms with Crippen LogP contribution >= 0.6 is 11.6 Å². The fourth-order valence-corrected chi connectivity index (χ4v) is 8.72. The van der Waals surface area contributed by atoms with Gasteiger partial charge in [0.15, 0.2) is 9.79 Å². The van der Waals surface area contributed by atoms with Gasteiger partial charge in [-0.1, -0.05) is 154 Å². The molecule has 0 radical (unpaired) electrons. The first-order chi connectivity index (χ1) is 26.3. The van der Waals surface area contributed by atoms with Gasteiger partial charge in [0.1, 0.15) is 6.26 Å². The van der Waals surface area contributed by atoms with Gasteiger partial charge in [0, 0.05) is 34.9 Å². The Morgan fingerprint density at radius 2 is 0.768 bits per heavy atom. The SMILES string of the molecule is CC(C)c1ccc(N(c2ccc(C(C)(C)C)cc2)c2cc([S+](C)c3ccccc3)cc(N(c3ccc(C(C)(C)C)cc3)c3ccc(C(C)(C)C)cc3)c2Cl)cc1. The minimum Gasteiger partial charge on any atom is -0.309 e. The van der Waals surface area contributed by atoms with Crippen molar-refractivity contribution in [2.24, 2.45) is 0 Å². The predicted molar refractivity (Wildman–Crippen MR) is 247 cm³/mol. The van der Waals surface area contributed by atoms with Crippen molar-refractivity contribution >= 4 is 56.6 Å². The van der Waals surface area contributed by atoms with Gasteiger partial charge in [-0.25, -0.2) is 0 Å². The van der Waals surface area contributed by atoms with Crippen molar-refractivity contribution in [1.82, 2.24) is 0 Å². The van der Waals surface area contributed by atoms with Crippen molar-refractivity contribution in [3.8, 4) is 0 Å². The van der Waals surface area contributed by atoms with Crippen molar-refractivity contribution in [3.63, 3.8) is 0 Å². The second-order valence-electron chi connectivity index (χ2n) is 18.4. The molecule has 6 aromatic rings. The Labute approximate surface area is 345 Å². The molecule has 56 heavy (non-hydrogen) atoms. The molecule has 0 aromatic heterocycles. The summed E-state index contributed by atoms with van der Waals surface area (Å²) >= 11 is 7.93. The number of hydrogen-bond donors (Lipinski definition) is 0. The average Bonchev–Trinajstić information content (AvgIpc) is 3.16. The standard InChI is InChI=1S/C52H60ClN2S/c1-36(2)37-18-26-41(27-19-37)54(42-28-20-38(21-29-42)50(3,4)5)47-34-46(56(12)45-16-14-13-15-17-45)35-48(49(47)53)55(43-30-22-39(23-31-43)51(6,7)8)44-32-24-40(25-33-44)52(9,10)11/h13-36H,1-12H3/q+1. The van der Waals surface area contributed by atoms with Crippen molar-refractivity contribution in [2.45, 2.75) is 108 Å². The molecule has 2 nitrogen and oxygen atoms in total. The normalized spacial score (nSPS) is 12.8. The van der Waals surface area contributed by atoms with Gasteiger partial charge in [-0.3, -0.25) is 0 Å². The molecular weight excluding hydrogens is 720 g/mol. The zero-order chi connectivity index (χ0) is 40.6. The molecule has 0 aliphatic rings. The molecular formula is C52H60ClN2S+. The first-order valence-corrected chi connectivity index (χ1v) is 21.9. The molecule has 1 unspecified atom stereocenters. The number of benzene rings is 6. The van der Waals surface area contributed by atoms with Gasteiger partial charge in [-0.2, -0.15) is 0 Å². The molecule has 4 heteroatoms. The molecule has 6 aromatic carbocycles. The van der Waals surface area contributed by atoms with Gasteiger partial charge >= 0.3 is 0 Å². The molecule has 1 atom stereocenters. The van der Waals surface area contributed by atoms with Crippen LogP contribution in [0.2, 0.25) is 5.02 Å². The molecule has 0 fully saturated rings. The van der Waals surface area contributed by atoms with Crippen LogP contribution < -0.4 is 9.80 Å². The molecule has 290 valence electrons. The number of rotatable bonds is 9. The van der Waals surface area contributed by atoms with E-state index in [4.69, 9.17) is 11.6 Å². The Balaban J connectivity index is 1.66. The average molecular weight is 781 g/mol. The Morgan fingerprint density at radius 1 is 0.446 bits per heavy atom. The van der Waals surface area contributed by atoms with E-state index in [2.05, 4.69) is 232 Å². The van der Waals surface area contributed by atoms with E-state index < -0.39 is 0 Å². The highest BCUT2D eigenvalue weighted by atomic mass is 35.5. The highest BCUT2D eigenvalue weighted by Crippen LogP contribution is 2.49. The lowest BCUT2D eigenvalue weighted by Crippen LogP contribution is -2.17. The molecule has 0 aliphatic heterocycles. The van der Waals surface area contributed by atoms with Gasteiger partial charge in [0.2, 0.25) is 0 Å². The van der Waals surface area contributed by atoms with E-state index in [1.165, 1.54) is 32.0 Å². The first-order valence-electron chi connectivity index (χ1n) is 19.9. The Kier molecular flexibility index (Phi) is 11.9. The second-order valence-corrected chi connectivity index (χ2v) is 20.7. The van der Waals surface area contributed by atoms with Crippen molar-refractivity contribution in [3.05, 3.63) is 167 Å². The summed E-state index contributed by atoms with van der Waals surface area (Å²) in [7, 11) is -0.252. The van der Waals surface area contributed by atoms with Gasteiger partial charge < -0.3 is 9.80 Å². The number of halogens is 1. The Hall–Kier alpha value is -4.44. The molecule has 0 saturated carbocycles. The molecule has 0 amide bonds. The second kappa shape index (κ2) is 16.2. The zero-order valence-corrected chi connectivity index (χ0v) is 37.1. The third-order valence-electron chi connectivity index (χ3n) is 10.7. The van der Waals surface area contributed by atoms with Gasteiger partial charge in [-0.15, -0.1) is 0 Å². The maximum atomic E-state index is 7.93. The summed E-state index contributed by atoms with van der Waals surface area (Å²) in [6.45, 7) is 24.9. The molecule has 0 heterocycles. The maximum Gasteiger partial charge on any atom is 0.164 e. The molecule has 0 bridgehead atoms. The van der Waals surface area contributed by atoms with Crippen molar-refractivity contribution < 1.29 is 0 Å². The van der Waals surface area contributed by atoms with Crippen molar-refractivity contribution in [1.29, 1.82) is 0 Å². The molecule has 0 spiro atoms. The molecule has 0 aliphatic carbocycles. The summed E-state index contributed by atoms with van der Waals surface area (Å²) in [6.07, 6.45) is 2.33. The van der Waals surface area contributed by atoms with Crippen LogP contribution in [-0.4, -0.2) is 6.26 Å². The van der Waals surface area contributed by atoms with Crippen molar-refractivity contribution in [2.75, 3.05) is 16.1 Å². The summed E-state index contributed by atoms with van der Waals surface area (Å²) in [5.74, 6) is 0.429. The lowest BCUT2D eigenvalue weighted by Gasteiger charge is -2.32. The van der Waals surface area contributed by atoms with Crippen LogP contribution in [0.3, 0.4) is 0 Å². The van der Waals surface area contributed by atoms with Crippen LogP contribution in [0.25, 0.3) is 0 Å². The lowest BCUT2D eigenvalue weighted by atomic mass is 9.86. The maximum absolute atomic E-state index is 7.93. The Morgan fingerprint density at radius 3 is 1.07 bits per heavy atom. The van der Waals surface area contributed by atoms with Crippen LogP contribution in [-0.2, 0) is 27.1 Å². The topological polar surface area (TPSA) is 6.48 Å². The van der Waals surface area contributed by atoms with Crippen LogP contribution in [0.5, 0.6) is 0 Å². The molecule has 0 saturated heterocycles. The van der Waals surface area contributed by atoms with Crippen LogP contribution in [0.4, 0.5) is 34.1 Å². The predicted octanol–water partition coefficient (Wildman–Crippen LogP) is 16.0. The number of hydrogen-bond acceptors (Lipinski definition) is 2. The minimum absolute atomic E-state index is 0.0306. The van der Waals surface area contributed by atoms with Crippen LogP contribution in [0, 0.1) is 0 Å². The third-order valence-corrected chi connectivity index (χ3v) is 13.0. The van der Waals surface area contributed by atoms with E-state index in [1.54, 1.807) is 0 Å². The van der Waals surface area contributed by atoms with E-state index >= 15 is 0 Å². The number of anilines is 6. The zero-order valence-electron chi connectivity index (χ0n) is 35.5. The van der Waals surface area contributed by atoms with E-state index in [0.717, 1.165) is 34.1 Å². The minimum atomic E-state index is -0.252. The Bertz CT molecular complexity index is 2160. The highest BCUT2D eigenvalue weighted by Gasteiger charge is 2.30. The van der Waals surface area contributed by atoms with Gasteiger partial charge in [0.05, 0.1) is 27.3 Å². The summed E-state index contributed by atoms with van der Waals surface area (Å²) in [5.41, 5.74) is 11.4. The van der Waals surface area contributed by atoms with Gasteiger partial charge in [0.25, 0.3) is 0 Å². The molecule has 0 N–H and O–H groups in total. The third kappa shape index (κ3) is 9.06. The van der Waals surface area contributed by atoms with E-state index in [-0.39, 0.29) is 27.1 Å². The fraction of sp³-hybridized carbons (Fsp3) is 0.308. The van der Waals surface area contributed by atoms with E-state index in [1.807, 2.05) is 0 Å². The summed E-state index contributed by atoms with van der Waals surface area (Å²) < 4.78 is 0. The monoisotopic (exact) mass is 779 g/mol. The largest absolute Gasteiger partial charge is 0.309 e. The lowest BCUT2D eigenvalue weighted by molar-refractivity contribution is 0.590. The smallest absolute Gasteiger partial charge is 0.164 e. The van der Waals surface area contributed by atoms with E-state index in [9.17, 15) is 0 Å². The molecule has 6 rings (SSSR count). The summed E-state index contributed by atoms with van der Waals surface area (Å²) in [4.78, 5) is 7.18. The summed E-state index contributed by atoms with van der Waals surface area (Å²) in [5, 5.41) is 0.687.